The van der Waals surface area contributed by atoms with E-state index < -0.39 is 23.3 Å². The van der Waals surface area contributed by atoms with Crippen LogP contribution in [0.4, 0.5) is 17.6 Å². The monoisotopic (exact) mass is 472 g/mol. The Kier molecular flexibility index (Phi) is 7.69. The fourth-order valence-electron chi connectivity index (χ4n) is 4.33. The first-order valence-corrected chi connectivity index (χ1v) is 11.7. The van der Waals surface area contributed by atoms with Crippen molar-refractivity contribution in [3.8, 4) is 22.3 Å². The number of hydrogen-bond donors (Lipinski definition) is 0. The third-order valence-corrected chi connectivity index (χ3v) is 6.23. The summed E-state index contributed by atoms with van der Waals surface area (Å²) in [5.41, 5.74) is 1.68. The van der Waals surface area contributed by atoms with Crippen molar-refractivity contribution in [2.24, 2.45) is 0 Å². The van der Waals surface area contributed by atoms with Crippen LogP contribution in [0.5, 0.6) is 0 Å². The minimum atomic E-state index is -0.956. The first-order valence-electron chi connectivity index (χ1n) is 11.7. The summed E-state index contributed by atoms with van der Waals surface area (Å²) < 4.78 is 70.1. The maximum Gasteiger partial charge on any atom is 0.166 e. The van der Waals surface area contributed by atoms with Crippen LogP contribution in [0.2, 0.25) is 0 Å². The van der Waals surface area contributed by atoms with Crippen LogP contribution < -0.4 is 0 Å². The van der Waals surface area contributed by atoms with Crippen LogP contribution in [-0.4, -0.2) is 19.5 Å². The molecule has 4 rings (SSSR count). The largest absolute Gasteiger partial charge is 0.352 e. The molecule has 1 aliphatic rings. The normalized spacial score (nSPS) is 18.3. The maximum atomic E-state index is 15.0. The van der Waals surface area contributed by atoms with E-state index in [1.54, 1.807) is 42.5 Å². The molecule has 0 radical (unpaired) electrons. The van der Waals surface area contributed by atoms with Crippen LogP contribution >= 0.6 is 0 Å². The van der Waals surface area contributed by atoms with Crippen LogP contribution in [0.1, 0.15) is 50.2 Å². The quantitative estimate of drug-likeness (QED) is 0.327. The van der Waals surface area contributed by atoms with Crippen molar-refractivity contribution >= 4 is 0 Å². The zero-order chi connectivity index (χ0) is 24.2. The molecule has 3 aromatic carbocycles. The van der Waals surface area contributed by atoms with Gasteiger partial charge in [-0.25, -0.2) is 17.6 Å². The molecule has 1 saturated heterocycles. The zero-order valence-electron chi connectivity index (χ0n) is 19.3. The average Bonchev–Trinajstić information content (AvgIpc) is 2.85. The van der Waals surface area contributed by atoms with Gasteiger partial charge >= 0.3 is 0 Å². The standard InChI is InChI=1S/C28H28F4O2/c1-3-5-19-11-12-21(26(30)25(19)29)17-7-9-18(10-8-17)22-13-14-23(28(32)27(22)31)20-15-33-24(6-4-2)34-16-20/h7-14,20,24H,3-6,15-16H2,1-2H3. The van der Waals surface area contributed by atoms with E-state index in [1.165, 1.54) is 6.07 Å². The van der Waals surface area contributed by atoms with Crippen LogP contribution in [-0.2, 0) is 15.9 Å². The van der Waals surface area contributed by atoms with Gasteiger partial charge in [0.25, 0.3) is 0 Å². The Hall–Kier alpha value is -2.70. The van der Waals surface area contributed by atoms with Gasteiger partial charge in [0.05, 0.1) is 13.2 Å². The summed E-state index contributed by atoms with van der Waals surface area (Å²) in [6.45, 7) is 4.47. The van der Waals surface area contributed by atoms with E-state index in [0.29, 0.717) is 29.5 Å². The molecule has 3 aromatic rings. The Morgan fingerprint density at radius 2 is 1.24 bits per heavy atom. The number of benzene rings is 3. The number of halogens is 4. The highest BCUT2D eigenvalue weighted by Crippen LogP contribution is 2.34. The lowest BCUT2D eigenvalue weighted by Gasteiger charge is -2.29. The molecule has 6 heteroatoms. The fraction of sp³-hybridized carbons (Fsp3) is 0.357. The van der Waals surface area contributed by atoms with Gasteiger partial charge in [-0.2, -0.15) is 0 Å². The summed E-state index contributed by atoms with van der Waals surface area (Å²) in [6.07, 6.45) is 2.55. The van der Waals surface area contributed by atoms with Crippen LogP contribution in [0, 0.1) is 23.3 Å². The van der Waals surface area contributed by atoms with Crippen LogP contribution in [0.15, 0.2) is 48.5 Å². The van der Waals surface area contributed by atoms with Gasteiger partial charge in [0.2, 0.25) is 0 Å². The highest BCUT2D eigenvalue weighted by molar-refractivity contribution is 5.71. The zero-order valence-corrected chi connectivity index (χ0v) is 19.3. The molecule has 0 aliphatic carbocycles. The number of hydrogen-bond acceptors (Lipinski definition) is 2. The summed E-state index contributed by atoms with van der Waals surface area (Å²) in [4.78, 5) is 0. The van der Waals surface area contributed by atoms with Gasteiger partial charge in [0.1, 0.15) is 0 Å². The number of rotatable bonds is 7. The lowest BCUT2D eigenvalue weighted by molar-refractivity contribution is -0.190. The topological polar surface area (TPSA) is 18.5 Å². The molecule has 0 spiro atoms. The molecule has 180 valence electrons. The second kappa shape index (κ2) is 10.7. The SMILES string of the molecule is CCCc1ccc(-c2ccc(-c3ccc(C4COC(CCC)OC4)c(F)c3F)cc2)c(F)c1F. The van der Waals surface area contributed by atoms with Crippen molar-refractivity contribution in [3.05, 3.63) is 82.9 Å². The summed E-state index contributed by atoms with van der Waals surface area (Å²) in [5.74, 6) is -4.01. The molecular formula is C28H28F4O2. The van der Waals surface area contributed by atoms with Crippen molar-refractivity contribution in [1.82, 2.24) is 0 Å². The van der Waals surface area contributed by atoms with E-state index in [1.807, 2.05) is 13.8 Å². The summed E-state index contributed by atoms with van der Waals surface area (Å²) in [7, 11) is 0. The Labute approximate surface area is 197 Å². The van der Waals surface area contributed by atoms with E-state index in [4.69, 9.17) is 9.47 Å². The van der Waals surface area contributed by atoms with Gasteiger partial charge < -0.3 is 9.47 Å². The van der Waals surface area contributed by atoms with E-state index >= 15 is 0 Å². The molecule has 0 aromatic heterocycles. The molecule has 1 aliphatic heterocycles. The Morgan fingerprint density at radius 3 is 1.79 bits per heavy atom. The first kappa shape index (κ1) is 24.4. The molecule has 0 amide bonds. The van der Waals surface area contributed by atoms with Gasteiger partial charge in [0.15, 0.2) is 29.6 Å². The molecule has 0 saturated carbocycles. The highest BCUT2D eigenvalue weighted by Gasteiger charge is 2.27. The summed E-state index contributed by atoms with van der Waals surface area (Å²) >= 11 is 0. The fourth-order valence-corrected chi connectivity index (χ4v) is 4.33. The minimum absolute atomic E-state index is 0.0965. The molecule has 2 nitrogen and oxygen atoms in total. The van der Waals surface area contributed by atoms with E-state index in [-0.39, 0.29) is 42.1 Å². The van der Waals surface area contributed by atoms with E-state index in [9.17, 15) is 17.6 Å². The van der Waals surface area contributed by atoms with Crippen LogP contribution in [0.3, 0.4) is 0 Å². The lowest BCUT2D eigenvalue weighted by atomic mass is 9.94. The predicted octanol–water partition coefficient (Wildman–Crippen LogP) is 7.79. The highest BCUT2D eigenvalue weighted by atomic mass is 19.2. The van der Waals surface area contributed by atoms with Gasteiger partial charge in [-0.05, 0) is 35.1 Å². The van der Waals surface area contributed by atoms with Gasteiger partial charge in [0, 0.05) is 17.0 Å². The van der Waals surface area contributed by atoms with Gasteiger partial charge in [-0.15, -0.1) is 0 Å². The Balaban J connectivity index is 1.56. The van der Waals surface area contributed by atoms with Crippen LogP contribution in [0.25, 0.3) is 22.3 Å². The molecule has 0 atom stereocenters. The molecule has 1 heterocycles. The molecule has 1 fully saturated rings. The average molecular weight is 473 g/mol. The van der Waals surface area contributed by atoms with E-state index in [2.05, 4.69) is 0 Å². The number of ether oxygens (including phenoxy) is 2. The third-order valence-electron chi connectivity index (χ3n) is 6.23. The number of aryl methyl sites for hydroxylation is 1. The minimum Gasteiger partial charge on any atom is -0.352 e. The second-order valence-electron chi connectivity index (χ2n) is 8.64. The lowest BCUT2D eigenvalue weighted by Crippen LogP contribution is -2.31. The van der Waals surface area contributed by atoms with Gasteiger partial charge in [-0.3, -0.25) is 0 Å². The third kappa shape index (κ3) is 4.89. The molecule has 0 N–H and O–H groups in total. The smallest absolute Gasteiger partial charge is 0.166 e. The first-order chi connectivity index (χ1) is 16.4. The molecule has 0 unspecified atom stereocenters. The van der Waals surface area contributed by atoms with Crippen molar-refractivity contribution < 1.29 is 27.0 Å². The molecule has 0 bridgehead atoms. The van der Waals surface area contributed by atoms with Gasteiger partial charge in [-0.1, -0.05) is 75.2 Å². The predicted molar refractivity (Wildman–Crippen MR) is 124 cm³/mol. The van der Waals surface area contributed by atoms with E-state index in [0.717, 1.165) is 12.8 Å². The van der Waals surface area contributed by atoms with Crippen molar-refractivity contribution in [1.29, 1.82) is 0 Å². The van der Waals surface area contributed by atoms with Crippen molar-refractivity contribution in [2.45, 2.75) is 51.7 Å². The van der Waals surface area contributed by atoms with Crippen molar-refractivity contribution in [3.63, 3.8) is 0 Å². The molecule has 34 heavy (non-hydrogen) atoms. The summed E-state index contributed by atoms with van der Waals surface area (Å²) in [6, 6.07) is 12.5. The summed E-state index contributed by atoms with van der Waals surface area (Å²) in [5, 5.41) is 0. The van der Waals surface area contributed by atoms with Crippen molar-refractivity contribution in [2.75, 3.05) is 13.2 Å². The second-order valence-corrected chi connectivity index (χ2v) is 8.64. The Bertz CT molecular complexity index is 1140. The molecular weight excluding hydrogens is 444 g/mol. The maximum absolute atomic E-state index is 15.0. The Morgan fingerprint density at radius 1 is 0.676 bits per heavy atom.